The van der Waals surface area contributed by atoms with E-state index in [0.29, 0.717) is 0 Å². The van der Waals surface area contributed by atoms with Crippen molar-refractivity contribution in [2.45, 2.75) is 3.53 Å². The quantitative estimate of drug-likeness (QED) is 0.462. The van der Waals surface area contributed by atoms with Gasteiger partial charge in [0.2, 0.25) is 3.53 Å². The Morgan fingerprint density at radius 1 is 1.12 bits per heavy atom. The first-order chi connectivity index (χ1) is 3.25. The van der Waals surface area contributed by atoms with E-state index < -0.39 is 8.28 Å². The van der Waals surface area contributed by atoms with Gasteiger partial charge >= 0.3 is 0 Å². The average molecular weight is 252 g/mol. The monoisotopic (exact) mass is 250 g/mol. The molecule has 0 fully saturated rings. The van der Waals surface area contributed by atoms with Crippen LogP contribution in [-0.4, -0.2) is 3.53 Å². The first-order valence-corrected chi connectivity index (χ1v) is 7.06. The summed E-state index contributed by atoms with van der Waals surface area (Å²) in [6.07, 6.45) is 0. The van der Waals surface area contributed by atoms with Gasteiger partial charge in [-0.05, 0) is 0 Å². The van der Waals surface area contributed by atoms with Gasteiger partial charge < -0.3 is 0 Å². The van der Waals surface area contributed by atoms with Gasteiger partial charge in [-0.25, -0.2) is 0 Å². The van der Waals surface area contributed by atoms with Crippen LogP contribution < -0.4 is 0 Å². The second-order valence-corrected chi connectivity index (χ2v) is 12.0. The average Bonchev–Trinajstić information content (AvgIpc) is 1.25. The second-order valence-electron chi connectivity index (χ2n) is 0.930. The molecule has 0 aliphatic rings. The van der Waals surface area contributed by atoms with Gasteiger partial charge in [0, 0.05) is 0 Å². The zero-order valence-corrected chi connectivity index (χ0v) is 8.74. The molecule has 0 N–H and O–H groups in total. The molecular formula is CCl5PS. The largest absolute Gasteiger partial charge is 0.244 e. The number of hydrogen-bond donors (Lipinski definition) is 0. The molecule has 0 bridgehead atoms. The van der Waals surface area contributed by atoms with Crippen molar-refractivity contribution in [3.05, 3.63) is 0 Å². The van der Waals surface area contributed by atoms with Gasteiger partial charge in [0.15, 0.2) is 4.74 Å². The van der Waals surface area contributed by atoms with E-state index in [9.17, 15) is 0 Å². The minimum absolute atomic E-state index is 1.69. The van der Waals surface area contributed by atoms with E-state index in [1.807, 2.05) is 0 Å². The first kappa shape index (κ1) is 10.1. The van der Waals surface area contributed by atoms with Crippen molar-refractivity contribution in [3.63, 3.8) is 0 Å². The van der Waals surface area contributed by atoms with Crippen molar-refractivity contribution in [3.8, 4) is 0 Å². The fraction of sp³-hybridized carbons (Fsp3) is 1.00. The molecule has 7 heteroatoms. The highest BCUT2D eigenvalue weighted by atomic mass is 35.9. The lowest BCUT2D eigenvalue weighted by Crippen LogP contribution is -1.92. The Morgan fingerprint density at radius 2 is 1.25 bits per heavy atom. The lowest BCUT2D eigenvalue weighted by molar-refractivity contribution is 1.78. The molecular weight excluding hydrogens is 252 g/mol. The summed E-state index contributed by atoms with van der Waals surface area (Å²) < 4.78 is -4.46. The molecule has 0 saturated carbocycles. The minimum Gasteiger partial charge on any atom is -0.0753 e. The van der Waals surface area contributed by atoms with Crippen molar-refractivity contribution >= 4 is 73.8 Å². The molecule has 0 amide bonds. The number of alkyl halides is 3. The smallest absolute Gasteiger partial charge is 0.0753 e. The van der Waals surface area contributed by atoms with Crippen LogP contribution in [0.15, 0.2) is 0 Å². The maximum Gasteiger partial charge on any atom is 0.244 e. The Balaban J connectivity index is 4.26. The molecule has 0 aromatic heterocycles. The fourth-order valence-corrected chi connectivity index (χ4v) is 0. The molecule has 0 aromatic carbocycles. The van der Waals surface area contributed by atoms with Gasteiger partial charge in [-0.3, -0.25) is 0 Å². The van der Waals surface area contributed by atoms with Crippen molar-refractivity contribution in [1.29, 1.82) is 0 Å². The van der Waals surface area contributed by atoms with Crippen LogP contribution in [0.4, 0.5) is 0 Å². The maximum absolute atomic E-state index is 5.30. The van der Waals surface area contributed by atoms with Crippen LogP contribution in [0.25, 0.3) is 0 Å². The van der Waals surface area contributed by atoms with Crippen molar-refractivity contribution in [1.82, 2.24) is 0 Å². The molecule has 0 nitrogen and oxygen atoms in total. The van der Waals surface area contributed by atoms with E-state index in [2.05, 4.69) is 11.8 Å². The van der Waals surface area contributed by atoms with E-state index in [0.717, 1.165) is 0 Å². The minimum atomic E-state index is -2.78. The zero-order valence-electron chi connectivity index (χ0n) is 3.25. The third-order valence-corrected chi connectivity index (χ3v) is 7.97. The van der Waals surface area contributed by atoms with Gasteiger partial charge in [0.05, 0.1) is 0 Å². The summed E-state index contributed by atoms with van der Waals surface area (Å²) in [7, 11) is 0. The Morgan fingerprint density at radius 3 is 1.25 bits per heavy atom. The van der Waals surface area contributed by atoms with Crippen LogP contribution in [0.3, 0.4) is 0 Å². The Bertz CT molecular complexity index is 119. The van der Waals surface area contributed by atoms with E-state index >= 15 is 0 Å². The van der Waals surface area contributed by atoms with E-state index in [1.165, 1.54) is 0 Å². The van der Waals surface area contributed by atoms with Gasteiger partial charge in [-0.1, -0.05) is 69.1 Å². The van der Waals surface area contributed by atoms with Crippen LogP contribution in [0.5, 0.6) is 0 Å². The van der Waals surface area contributed by atoms with Crippen LogP contribution in [0.2, 0.25) is 0 Å². The third-order valence-electron chi connectivity index (χ3n) is 0.295. The first-order valence-electron chi connectivity index (χ1n) is 1.31. The summed E-state index contributed by atoms with van der Waals surface area (Å²) in [4.78, 5) is 0. The van der Waals surface area contributed by atoms with E-state index in [1.54, 1.807) is 0 Å². The van der Waals surface area contributed by atoms with E-state index in [-0.39, 0.29) is 0 Å². The van der Waals surface area contributed by atoms with Gasteiger partial charge in [0.1, 0.15) is 0 Å². The lowest BCUT2D eigenvalue weighted by Gasteiger charge is -2.13. The SMILES string of the molecule is S=P(Cl)(Cl)C(Cl)(Cl)Cl. The summed E-state index contributed by atoms with van der Waals surface area (Å²) in [5.74, 6) is 0. The molecule has 0 aliphatic carbocycles. The highest BCUT2D eigenvalue weighted by Crippen LogP contribution is 2.72. The van der Waals surface area contributed by atoms with Crippen molar-refractivity contribution in [2.75, 3.05) is 0 Å². The van der Waals surface area contributed by atoms with Crippen molar-refractivity contribution < 1.29 is 0 Å². The summed E-state index contributed by atoms with van der Waals surface area (Å²) in [5, 5.41) is 0. The van der Waals surface area contributed by atoms with Gasteiger partial charge in [0.25, 0.3) is 0 Å². The van der Waals surface area contributed by atoms with Gasteiger partial charge in [-0.15, -0.1) is 0 Å². The standard InChI is InChI=1S/CCl5PS/c2-1(3,4)7(5,6)8. The Labute approximate surface area is 77.0 Å². The molecule has 0 aromatic rings. The molecule has 0 aliphatic heterocycles. The van der Waals surface area contributed by atoms with Crippen LogP contribution in [0, 0.1) is 0 Å². The number of rotatable bonds is 0. The summed E-state index contributed by atoms with van der Waals surface area (Å²) in [5.41, 5.74) is 0. The molecule has 0 rings (SSSR count). The predicted molar refractivity (Wildman–Crippen MR) is 46.3 cm³/mol. The Hall–Kier alpha value is 2.10. The number of halogens is 5. The number of hydrogen-bond acceptors (Lipinski definition) is 1. The third kappa shape index (κ3) is 3.31. The molecule has 0 heterocycles. The van der Waals surface area contributed by atoms with Crippen LogP contribution >= 0.6 is 62.0 Å². The molecule has 50 valence electrons. The molecule has 0 atom stereocenters. The fourth-order valence-electron chi connectivity index (χ4n) is 0. The second kappa shape index (κ2) is 3.00. The molecule has 0 radical (unpaired) electrons. The highest BCUT2D eigenvalue weighted by Gasteiger charge is 2.35. The normalized spacial score (nSPS) is 14.1. The van der Waals surface area contributed by atoms with Crippen LogP contribution in [-0.2, 0) is 11.8 Å². The van der Waals surface area contributed by atoms with Crippen LogP contribution in [0.1, 0.15) is 0 Å². The highest BCUT2D eigenvalue weighted by molar-refractivity contribution is 8.41. The zero-order chi connectivity index (χ0) is 7.00. The molecule has 0 unspecified atom stereocenters. The molecule has 0 saturated heterocycles. The Kier molecular flexibility index (Phi) is 3.79. The topological polar surface area (TPSA) is 0 Å². The maximum atomic E-state index is 5.30. The predicted octanol–water partition coefficient (Wildman–Crippen LogP) is 4.10. The molecule has 8 heavy (non-hydrogen) atoms. The summed E-state index contributed by atoms with van der Waals surface area (Å²) in [6, 6.07) is 0. The van der Waals surface area contributed by atoms with Gasteiger partial charge in [-0.2, -0.15) is 0 Å². The lowest BCUT2D eigenvalue weighted by atomic mass is 11.8. The van der Waals surface area contributed by atoms with Crippen molar-refractivity contribution in [2.24, 2.45) is 0 Å². The van der Waals surface area contributed by atoms with E-state index in [4.69, 9.17) is 57.3 Å². The summed E-state index contributed by atoms with van der Waals surface area (Å²) in [6.45, 7) is 0. The summed E-state index contributed by atoms with van der Waals surface area (Å²) >= 11 is 30.7. The molecule has 0 spiro atoms.